The van der Waals surface area contributed by atoms with Gasteiger partial charge in [0.05, 0.1) is 18.2 Å². The van der Waals surface area contributed by atoms with Gasteiger partial charge < -0.3 is 4.74 Å². The number of methoxy groups -OCH3 is 1. The first-order chi connectivity index (χ1) is 7.15. The molecule has 0 aliphatic carbocycles. The maximum Gasteiger partial charge on any atom is 0.340 e. The van der Waals surface area contributed by atoms with E-state index < -0.39 is 17.3 Å². The Hall–Kier alpha value is -2.22. The van der Waals surface area contributed by atoms with Crippen LogP contribution in [0.1, 0.15) is 26.3 Å². The molecule has 0 N–H and O–H groups in total. The van der Waals surface area contributed by atoms with Gasteiger partial charge in [-0.05, 0) is 12.1 Å². The Morgan fingerprint density at radius 2 is 2.27 bits per heavy atom. The third kappa shape index (κ3) is 1.83. The van der Waals surface area contributed by atoms with E-state index in [1.807, 2.05) is 0 Å². The lowest BCUT2D eigenvalue weighted by Gasteiger charge is -2.03. The van der Waals surface area contributed by atoms with E-state index in [-0.39, 0.29) is 11.1 Å². The fourth-order valence-corrected chi connectivity index (χ4v) is 1.07. The quantitative estimate of drug-likeness (QED) is 0.541. The highest BCUT2D eigenvalue weighted by Crippen LogP contribution is 2.16. The number of ether oxygens (including phenoxy) is 1. The van der Waals surface area contributed by atoms with Gasteiger partial charge in [0, 0.05) is 5.56 Å². The molecule has 1 aromatic carbocycles. The summed E-state index contributed by atoms with van der Waals surface area (Å²) in [6.07, 6.45) is 0.350. The van der Waals surface area contributed by atoms with Gasteiger partial charge in [0.25, 0.3) is 0 Å². The zero-order valence-electron chi connectivity index (χ0n) is 7.78. The number of rotatable bonds is 2. The first-order valence-electron chi connectivity index (χ1n) is 3.91. The average Bonchev–Trinajstić information content (AvgIpc) is 2.27. The van der Waals surface area contributed by atoms with Crippen molar-refractivity contribution >= 4 is 12.3 Å². The van der Waals surface area contributed by atoms with Crippen molar-refractivity contribution in [3.63, 3.8) is 0 Å². The van der Waals surface area contributed by atoms with Crippen LogP contribution < -0.4 is 0 Å². The summed E-state index contributed by atoms with van der Waals surface area (Å²) in [6, 6.07) is 3.82. The predicted octanol–water partition coefficient (Wildman–Crippen LogP) is 1.30. The third-order valence-electron chi connectivity index (χ3n) is 1.82. The van der Waals surface area contributed by atoms with Gasteiger partial charge in [-0.3, -0.25) is 4.79 Å². The molecule has 5 heteroatoms. The molecular formula is C10H6FNO3. The van der Waals surface area contributed by atoms with Gasteiger partial charge in [-0.1, -0.05) is 0 Å². The number of nitriles is 1. The highest BCUT2D eigenvalue weighted by atomic mass is 19.1. The number of esters is 1. The van der Waals surface area contributed by atoms with E-state index in [4.69, 9.17) is 5.26 Å². The molecule has 15 heavy (non-hydrogen) atoms. The predicted molar refractivity (Wildman–Crippen MR) is 47.8 cm³/mol. The molecule has 0 fully saturated rings. The second-order valence-corrected chi connectivity index (χ2v) is 2.61. The summed E-state index contributed by atoms with van der Waals surface area (Å²) in [4.78, 5) is 21.5. The van der Waals surface area contributed by atoms with Gasteiger partial charge in [0.15, 0.2) is 12.1 Å². The summed E-state index contributed by atoms with van der Waals surface area (Å²) < 4.78 is 17.8. The van der Waals surface area contributed by atoms with E-state index in [1.165, 1.54) is 12.1 Å². The number of hydrogen-bond donors (Lipinski definition) is 0. The topological polar surface area (TPSA) is 67.2 Å². The number of carbonyl (C=O) groups is 2. The van der Waals surface area contributed by atoms with E-state index in [0.29, 0.717) is 6.29 Å². The normalized spacial score (nSPS) is 9.13. The SMILES string of the molecule is COC(=O)c1ccc(C=O)c(C#N)c1F. The second kappa shape index (κ2) is 4.33. The van der Waals surface area contributed by atoms with Crippen molar-refractivity contribution in [2.75, 3.05) is 7.11 Å². The summed E-state index contributed by atoms with van der Waals surface area (Å²) >= 11 is 0. The third-order valence-corrected chi connectivity index (χ3v) is 1.82. The Kier molecular flexibility index (Phi) is 3.13. The van der Waals surface area contributed by atoms with Crippen LogP contribution in [0.25, 0.3) is 0 Å². The zero-order valence-corrected chi connectivity index (χ0v) is 7.78. The highest BCUT2D eigenvalue weighted by Gasteiger charge is 2.18. The largest absolute Gasteiger partial charge is 0.465 e. The van der Waals surface area contributed by atoms with Crippen molar-refractivity contribution in [3.05, 3.63) is 34.6 Å². The van der Waals surface area contributed by atoms with Crippen molar-refractivity contribution < 1.29 is 18.7 Å². The molecular weight excluding hydrogens is 201 g/mol. The Morgan fingerprint density at radius 3 is 2.73 bits per heavy atom. The van der Waals surface area contributed by atoms with Crippen LogP contribution in [0.2, 0.25) is 0 Å². The summed E-state index contributed by atoms with van der Waals surface area (Å²) in [7, 11) is 1.10. The number of benzene rings is 1. The van der Waals surface area contributed by atoms with Gasteiger partial charge in [-0.2, -0.15) is 5.26 Å². The molecule has 0 saturated heterocycles. The van der Waals surface area contributed by atoms with Crippen LogP contribution in [0.15, 0.2) is 12.1 Å². The summed E-state index contributed by atoms with van der Waals surface area (Å²) in [5.74, 6) is -1.92. The Morgan fingerprint density at radius 1 is 1.60 bits per heavy atom. The standard InChI is InChI=1S/C10H6FNO3/c1-15-10(14)7-3-2-6(5-13)8(4-12)9(7)11/h2-3,5H,1H3. The molecule has 1 rings (SSSR count). The number of halogens is 1. The fraction of sp³-hybridized carbons (Fsp3) is 0.100. The lowest BCUT2D eigenvalue weighted by atomic mass is 10.0. The number of nitrogens with zero attached hydrogens (tertiary/aromatic N) is 1. The van der Waals surface area contributed by atoms with Crippen molar-refractivity contribution in [3.8, 4) is 6.07 Å². The molecule has 0 aliphatic heterocycles. The minimum atomic E-state index is -1.03. The monoisotopic (exact) mass is 207 g/mol. The Bertz CT molecular complexity index is 462. The molecule has 0 aliphatic rings. The van der Waals surface area contributed by atoms with Crippen molar-refractivity contribution in [2.24, 2.45) is 0 Å². The molecule has 0 aromatic heterocycles. The minimum absolute atomic E-state index is 0.0948. The van der Waals surface area contributed by atoms with Gasteiger partial charge in [0.1, 0.15) is 6.07 Å². The molecule has 0 bridgehead atoms. The molecule has 0 amide bonds. The van der Waals surface area contributed by atoms with Crippen molar-refractivity contribution in [2.45, 2.75) is 0 Å². The van der Waals surface area contributed by atoms with Crippen LogP contribution in [0, 0.1) is 17.1 Å². The molecule has 0 spiro atoms. The van der Waals surface area contributed by atoms with Crippen LogP contribution in [-0.4, -0.2) is 19.4 Å². The zero-order chi connectivity index (χ0) is 11.4. The first-order valence-corrected chi connectivity index (χ1v) is 3.91. The van der Waals surface area contributed by atoms with Gasteiger partial charge in [-0.15, -0.1) is 0 Å². The molecule has 0 atom stereocenters. The Labute approximate surface area is 84.9 Å². The van der Waals surface area contributed by atoms with Crippen LogP contribution in [0.4, 0.5) is 4.39 Å². The maximum absolute atomic E-state index is 13.5. The maximum atomic E-state index is 13.5. The van der Waals surface area contributed by atoms with E-state index >= 15 is 0 Å². The number of hydrogen-bond acceptors (Lipinski definition) is 4. The molecule has 0 heterocycles. The van der Waals surface area contributed by atoms with E-state index in [9.17, 15) is 14.0 Å². The van der Waals surface area contributed by atoms with Gasteiger partial charge in [0.2, 0.25) is 0 Å². The molecule has 0 radical (unpaired) electrons. The number of aldehydes is 1. The van der Waals surface area contributed by atoms with Crippen LogP contribution in [0.3, 0.4) is 0 Å². The first kappa shape index (κ1) is 10.9. The minimum Gasteiger partial charge on any atom is -0.465 e. The van der Waals surface area contributed by atoms with E-state index in [0.717, 1.165) is 13.2 Å². The Balaban J connectivity index is 3.43. The molecule has 0 saturated carbocycles. The molecule has 4 nitrogen and oxygen atoms in total. The second-order valence-electron chi connectivity index (χ2n) is 2.61. The summed E-state index contributed by atoms with van der Waals surface area (Å²) in [6.45, 7) is 0. The fourth-order valence-electron chi connectivity index (χ4n) is 1.07. The average molecular weight is 207 g/mol. The van der Waals surface area contributed by atoms with Crippen LogP contribution >= 0.6 is 0 Å². The molecule has 0 unspecified atom stereocenters. The van der Waals surface area contributed by atoms with E-state index in [2.05, 4.69) is 4.74 Å². The lowest BCUT2D eigenvalue weighted by Crippen LogP contribution is -2.07. The summed E-state index contributed by atoms with van der Waals surface area (Å²) in [5.41, 5.74) is -0.907. The molecule has 1 aromatic rings. The number of carbonyl (C=O) groups excluding carboxylic acids is 2. The summed E-state index contributed by atoms with van der Waals surface area (Å²) in [5, 5.41) is 8.61. The smallest absolute Gasteiger partial charge is 0.340 e. The van der Waals surface area contributed by atoms with Gasteiger partial charge >= 0.3 is 5.97 Å². The molecule has 76 valence electrons. The van der Waals surface area contributed by atoms with Crippen molar-refractivity contribution in [1.82, 2.24) is 0 Å². The van der Waals surface area contributed by atoms with Crippen molar-refractivity contribution in [1.29, 1.82) is 5.26 Å². The van der Waals surface area contributed by atoms with E-state index in [1.54, 1.807) is 0 Å². The van der Waals surface area contributed by atoms with Gasteiger partial charge in [-0.25, -0.2) is 9.18 Å². The van der Waals surface area contributed by atoms with Crippen LogP contribution in [-0.2, 0) is 4.74 Å². The lowest BCUT2D eigenvalue weighted by molar-refractivity contribution is 0.0595. The highest BCUT2D eigenvalue weighted by molar-refractivity contribution is 5.92. The van der Waals surface area contributed by atoms with Crippen LogP contribution in [0.5, 0.6) is 0 Å².